The second-order valence-corrected chi connectivity index (χ2v) is 5.25. The van der Waals surface area contributed by atoms with E-state index in [0.717, 1.165) is 19.3 Å². The van der Waals surface area contributed by atoms with Crippen LogP contribution in [-0.2, 0) is 11.3 Å². The second kappa shape index (κ2) is 5.48. The van der Waals surface area contributed by atoms with E-state index in [1.807, 2.05) is 6.92 Å². The fraction of sp³-hybridized carbons (Fsp3) is 0.750. The summed E-state index contributed by atoms with van der Waals surface area (Å²) in [4.78, 5) is 15.8. The summed E-state index contributed by atoms with van der Waals surface area (Å²) in [6, 6.07) is 0. The summed E-state index contributed by atoms with van der Waals surface area (Å²) in [7, 11) is 0. The summed E-state index contributed by atoms with van der Waals surface area (Å²) >= 11 is 0. The van der Waals surface area contributed by atoms with Gasteiger partial charge in [0, 0.05) is 12.0 Å². The van der Waals surface area contributed by atoms with Crippen LogP contribution in [0.4, 0.5) is 0 Å². The van der Waals surface area contributed by atoms with E-state index in [1.54, 1.807) is 11.0 Å². The lowest BCUT2D eigenvalue weighted by Gasteiger charge is -2.40. The molecular formula is C12H20N4O2. The Morgan fingerprint density at radius 1 is 1.61 bits per heavy atom. The molecule has 0 saturated heterocycles. The molecule has 1 aliphatic carbocycles. The maximum Gasteiger partial charge on any atom is 0.224 e. The molecule has 1 aromatic rings. The number of hydrogen-bond donors (Lipinski definition) is 2. The highest BCUT2D eigenvalue weighted by Crippen LogP contribution is 2.39. The molecule has 1 atom stereocenters. The highest BCUT2D eigenvalue weighted by Gasteiger charge is 2.36. The summed E-state index contributed by atoms with van der Waals surface area (Å²) in [6.45, 7) is 3.12. The summed E-state index contributed by atoms with van der Waals surface area (Å²) in [6.07, 6.45) is 6.21. The van der Waals surface area contributed by atoms with Gasteiger partial charge in [0.05, 0.1) is 19.1 Å². The molecule has 1 aromatic heterocycles. The van der Waals surface area contributed by atoms with Crippen LogP contribution in [0.15, 0.2) is 12.7 Å². The predicted molar refractivity (Wildman–Crippen MR) is 65.6 cm³/mol. The fourth-order valence-corrected chi connectivity index (χ4v) is 2.21. The van der Waals surface area contributed by atoms with Crippen molar-refractivity contribution in [1.82, 2.24) is 20.1 Å². The number of carbonyl (C=O) groups excluding carboxylic acids is 1. The number of nitrogens with zero attached hydrogens (tertiary/aromatic N) is 3. The van der Waals surface area contributed by atoms with Gasteiger partial charge in [-0.3, -0.25) is 9.48 Å². The van der Waals surface area contributed by atoms with Crippen molar-refractivity contribution in [2.75, 3.05) is 13.2 Å². The third kappa shape index (κ3) is 2.87. The van der Waals surface area contributed by atoms with Crippen LogP contribution in [0.25, 0.3) is 0 Å². The van der Waals surface area contributed by atoms with Crippen LogP contribution in [0.5, 0.6) is 0 Å². The molecule has 0 unspecified atom stereocenters. The zero-order chi connectivity index (χ0) is 13.0. The highest BCUT2D eigenvalue weighted by atomic mass is 16.3. The van der Waals surface area contributed by atoms with Crippen LogP contribution in [0.3, 0.4) is 0 Å². The first-order chi connectivity index (χ1) is 8.65. The molecular weight excluding hydrogens is 232 g/mol. The molecule has 1 fully saturated rings. The Kier molecular flexibility index (Phi) is 3.96. The Bertz CT molecular complexity index is 381. The fourth-order valence-electron chi connectivity index (χ4n) is 2.21. The first-order valence-electron chi connectivity index (χ1n) is 6.36. The average Bonchev–Trinajstić information content (AvgIpc) is 2.80. The molecule has 0 spiro atoms. The van der Waals surface area contributed by atoms with E-state index in [2.05, 4.69) is 15.4 Å². The predicted octanol–water partition coefficient (Wildman–Crippen LogP) is 0.193. The molecule has 18 heavy (non-hydrogen) atoms. The van der Waals surface area contributed by atoms with Crippen molar-refractivity contribution in [3.8, 4) is 0 Å². The molecule has 0 aliphatic heterocycles. The maximum atomic E-state index is 11.9. The molecule has 6 nitrogen and oxygen atoms in total. The van der Waals surface area contributed by atoms with Gasteiger partial charge in [0.2, 0.25) is 5.91 Å². The van der Waals surface area contributed by atoms with Crippen LogP contribution >= 0.6 is 0 Å². The summed E-state index contributed by atoms with van der Waals surface area (Å²) in [5, 5.41) is 16.2. The molecule has 2 rings (SSSR count). The lowest BCUT2D eigenvalue weighted by molar-refractivity contribution is -0.126. The molecule has 1 aliphatic rings. The SMILES string of the molecule is C[C@@H](Cn1cncn1)C(=O)NCC1(CO)CCC1. The smallest absolute Gasteiger partial charge is 0.224 e. The zero-order valence-electron chi connectivity index (χ0n) is 10.7. The molecule has 1 heterocycles. The first-order valence-corrected chi connectivity index (χ1v) is 6.36. The Morgan fingerprint density at radius 2 is 2.39 bits per heavy atom. The number of carbonyl (C=O) groups is 1. The maximum absolute atomic E-state index is 11.9. The summed E-state index contributed by atoms with van der Waals surface area (Å²) < 4.78 is 1.65. The lowest BCUT2D eigenvalue weighted by atomic mass is 9.69. The van der Waals surface area contributed by atoms with E-state index >= 15 is 0 Å². The Balaban J connectivity index is 1.77. The zero-order valence-corrected chi connectivity index (χ0v) is 10.7. The quantitative estimate of drug-likeness (QED) is 0.757. The normalized spacial score (nSPS) is 19.0. The molecule has 1 amide bonds. The van der Waals surface area contributed by atoms with E-state index in [9.17, 15) is 9.90 Å². The molecule has 1 saturated carbocycles. The van der Waals surface area contributed by atoms with Crippen molar-refractivity contribution < 1.29 is 9.90 Å². The number of aliphatic hydroxyl groups is 1. The largest absolute Gasteiger partial charge is 0.396 e. The summed E-state index contributed by atoms with van der Waals surface area (Å²) in [5.74, 6) is -0.146. The minimum absolute atomic E-state index is 0.00484. The molecule has 100 valence electrons. The van der Waals surface area contributed by atoms with Crippen molar-refractivity contribution >= 4 is 5.91 Å². The Morgan fingerprint density at radius 3 is 2.89 bits per heavy atom. The van der Waals surface area contributed by atoms with Crippen LogP contribution in [-0.4, -0.2) is 38.9 Å². The van der Waals surface area contributed by atoms with Crippen LogP contribution in [0, 0.1) is 11.3 Å². The van der Waals surface area contributed by atoms with Gasteiger partial charge in [-0.25, -0.2) is 4.98 Å². The van der Waals surface area contributed by atoms with Gasteiger partial charge in [0.1, 0.15) is 12.7 Å². The number of aromatic nitrogens is 3. The standard InChI is InChI=1S/C12H20N4O2/c1-10(5-16-9-13-8-15-16)11(18)14-6-12(7-17)3-2-4-12/h8-10,17H,2-7H2,1H3,(H,14,18)/t10-/m0/s1. The molecule has 0 aromatic carbocycles. The van der Waals surface area contributed by atoms with Crippen molar-refractivity contribution in [2.24, 2.45) is 11.3 Å². The third-order valence-electron chi connectivity index (χ3n) is 3.76. The number of hydrogen-bond acceptors (Lipinski definition) is 4. The molecule has 0 bridgehead atoms. The molecule has 2 N–H and O–H groups in total. The second-order valence-electron chi connectivity index (χ2n) is 5.25. The van der Waals surface area contributed by atoms with E-state index in [-0.39, 0.29) is 23.8 Å². The molecule has 0 radical (unpaired) electrons. The monoisotopic (exact) mass is 252 g/mol. The molecule has 6 heteroatoms. The van der Waals surface area contributed by atoms with Crippen molar-refractivity contribution in [3.63, 3.8) is 0 Å². The van der Waals surface area contributed by atoms with Crippen LogP contribution in [0.1, 0.15) is 26.2 Å². The third-order valence-corrected chi connectivity index (χ3v) is 3.76. The van der Waals surface area contributed by atoms with Gasteiger partial charge >= 0.3 is 0 Å². The minimum atomic E-state index is -0.150. The van der Waals surface area contributed by atoms with Gasteiger partial charge in [0.25, 0.3) is 0 Å². The van der Waals surface area contributed by atoms with Crippen molar-refractivity contribution in [3.05, 3.63) is 12.7 Å². The van der Waals surface area contributed by atoms with E-state index in [4.69, 9.17) is 0 Å². The van der Waals surface area contributed by atoms with Gasteiger partial charge in [-0.2, -0.15) is 5.10 Å². The first kappa shape index (κ1) is 13.0. The number of rotatable bonds is 6. The van der Waals surface area contributed by atoms with Gasteiger partial charge in [0.15, 0.2) is 0 Å². The van der Waals surface area contributed by atoms with E-state index < -0.39 is 0 Å². The van der Waals surface area contributed by atoms with Gasteiger partial charge < -0.3 is 10.4 Å². The van der Waals surface area contributed by atoms with Crippen molar-refractivity contribution in [1.29, 1.82) is 0 Å². The van der Waals surface area contributed by atoms with E-state index in [1.165, 1.54) is 6.33 Å². The van der Waals surface area contributed by atoms with Gasteiger partial charge in [-0.15, -0.1) is 0 Å². The van der Waals surface area contributed by atoms with E-state index in [0.29, 0.717) is 13.1 Å². The van der Waals surface area contributed by atoms with Gasteiger partial charge in [-0.05, 0) is 12.8 Å². The van der Waals surface area contributed by atoms with Crippen molar-refractivity contribution in [2.45, 2.75) is 32.7 Å². The van der Waals surface area contributed by atoms with Crippen LogP contribution < -0.4 is 5.32 Å². The minimum Gasteiger partial charge on any atom is -0.396 e. The topological polar surface area (TPSA) is 80.0 Å². The number of aliphatic hydroxyl groups excluding tert-OH is 1. The Hall–Kier alpha value is -1.43. The Labute approximate surface area is 106 Å². The average molecular weight is 252 g/mol. The van der Waals surface area contributed by atoms with Crippen LogP contribution in [0.2, 0.25) is 0 Å². The number of amides is 1. The summed E-state index contributed by atoms with van der Waals surface area (Å²) in [5.41, 5.74) is -0.0668. The van der Waals surface area contributed by atoms with Gasteiger partial charge in [-0.1, -0.05) is 13.3 Å². The number of nitrogens with one attached hydrogen (secondary N) is 1. The lowest BCUT2D eigenvalue weighted by Crippen LogP contribution is -2.46. The highest BCUT2D eigenvalue weighted by molar-refractivity contribution is 5.78.